The number of aromatic nitrogens is 1. The fraction of sp³-hybridized carbons (Fsp3) is 0.511. The van der Waals surface area contributed by atoms with Gasteiger partial charge in [0.05, 0.1) is 57.6 Å². The Morgan fingerprint density at radius 1 is 0.638 bits per heavy atom. The number of hydrogen-bond acceptors (Lipinski definition) is 24. The van der Waals surface area contributed by atoms with E-state index in [1.807, 2.05) is 13.0 Å². The van der Waals surface area contributed by atoms with Gasteiger partial charge in [-0.05, 0) is 155 Å². The second kappa shape index (κ2) is 50.4. The molecule has 10 rings (SSSR count). The number of para-hydroxylation sites is 1. The summed E-state index contributed by atoms with van der Waals surface area (Å²) < 4.78 is 0. The van der Waals surface area contributed by atoms with Crippen LogP contribution in [0.15, 0.2) is 138 Å². The second-order valence-electron chi connectivity index (χ2n) is 34.0. The van der Waals surface area contributed by atoms with Crippen molar-refractivity contribution in [3.63, 3.8) is 0 Å². The number of amides is 8. The first-order chi connectivity index (χ1) is 61.5. The molecule has 15 atom stereocenters. The number of unbranched alkanes of at least 4 members (excludes halogenated alkanes) is 1. The van der Waals surface area contributed by atoms with Gasteiger partial charge in [0.25, 0.3) is 0 Å². The van der Waals surface area contributed by atoms with Crippen LogP contribution in [0.25, 0.3) is 10.9 Å². The quantitative estimate of drug-likeness (QED) is 0.0154. The molecule has 8 amide bonds. The maximum atomic E-state index is 15.2. The summed E-state index contributed by atoms with van der Waals surface area (Å²) in [5.41, 5.74) is 13.8. The average molecular weight is 1940 g/mol. The van der Waals surface area contributed by atoms with Crippen LogP contribution < -0.4 is 53.2 Å². The Bertz CT molecular complexity index is 4880. The minimum absolute atomic E-state index is 0. The zero-order valence-corrected chi connectivity index (χ0v) is 79.0. The molecule has 5 aromatic rings. The number of anilines is 1. The fourth-order valence-electron chi connectivity index (χ4n) is 17.7. The maximum Gasteiger partial charge on any atom is 3.00 e. The van der Waals surface area contributed by atoms with Crippen molar-refractivity contribution in [1.82, 2.24) is 62.2 Å². The van der Waals surface area contributed by atoms with E-state index in [-0.39, 0.29) is 114 Å². The number of H-pyrrole nitrogens is 1. The third kappa shape index (κ3) is 29.9. The predicted molar refractivity (Wildman–Crippen MR) is 491 cm³/mol. The molecule has 0 unspecified atom stereocenters. The Hall–Kier alpha value is -10.2. The number of carbonyl (C=O) groups is 13. The number of nitrogens with one attached hydrogen (secondary N) is 9. The third-order valence-corrected chi connectivity index (χ3v) is 26.9. The van der Waals surface area contributed by atoms with Crippen LogP contribution in [0.2, 0.25) is 0 Å². The Labute approximate surface area is 782 Å². The molecular weight excluding hydrogens is 1810 g/mol. The Kier molecular flexibility index (Phi) is 40.8. The molecule has 2 heterocycles. The number of nitrogens with two attached hydrogens (primary N) is 1. The van der Waals surface area contributed by atoms with Crippen LogP contribution in [0.4, 0.5) is 5.69 Å². The molecule has 3 fully saturated rings. The summed E-state index contributed by atoms with van der Waals surface area (Å²) >= 11 is 0. The smallest absolute Gasteiger partial charge is 0.480 e. The zero-order valence-electron chi connectivity index (χ0n) is 74.1. The Morgan fingerprint density at radius 3 is 1.81 bits per heavy atom. The first-order valence-corrected chi connectivity index (χ1v) is 45.9. The van der Waals surface area contributed by atoms with Crippen molar-refractivity contribution in [2.24, 2.45) is 23.0 Å². The van der Waals surface area contributed by atoms with Crippen molar-refractivity contribution >= 4 is 141 Å². The number of nitrogens with zero attached hydrogens (tertiary/aromatic N) is 4. The van der Waals surface area contributed by atoms with Gasteiger partial charge in [0, 0.05) is 112 Å². The summed E-state index contributed by atoms with van der Waals surface area (Å²) in [6, 6.07) is 20.6. The topological polar surface area (TPSA) is 535 Å². The molecule has 130 heavy (non-hydrogen) atoms. The van der Waals surface area contributed by atoms with E-state index < -0.39 is 182 Å². The normalized spacial score (nSPS) is 23.6. The summed E-state index contributed by atoms with van der Waals surface area (Å²) in [5.74, 6) is -6.03. The van der Waals surface area contributed by atoms with Crippen molar-refractivity contribution < 1.29 is 103 Å². The van der Waals surface area contributed by atoms with Gasteiger partial charge in [0.2, 0.25) is 47.3 Å². The van der Waals surface area contributed by atoms with Gasteiger partial charge in [-0.3, -0.25) is 77.0 Å². The standard InChI is InChI=1S/C63H87N13O19S2.C29H35NO2.In/c1-37(78)48(34-77)70-62(94)50-36-97-96-35-49(71-58(90)45(25-39-13-5-3-6-14-39)66-51(80)29-75(31-53(83)84)23-21-74(30-52(81)82)22-24-76(32-54(85)86)33-55(87)88)61(93)68-46(26-40-15-7-4-8-16-40)59(91)69-47(27-41-28-65-43-18-10-9-17-42(41)43)60(92)67-44(19-11-12-20-64)57(89)73-56(38(2)79)63(95)72-50;1-5-15-29(32)16-14-26-24-12-8-20-17-22(31)11-13-23(20)27(24)25(18-28(26,29)2)19-6-9-21(10-7-19)30(3)4;/h3-10,13-18,28,37-38,44-50,56,65,77-79H,11-12,19-27,29-36,64H2,1-2H3,(H,66,80)(H,67,92)(H,68,93)(H,69,91)(H,70,94)(H,71,90)(H,72,95)(H,73,89)(H,81,82)(H,83,84)(H,85,86)(H,87,88);6-7,9-10,17,24-26,32H,8,11-14,16,18H2,1-4H3;/q;;+3/t37-,38-,44+,45-,46+,47-,48-,49+,50+,56+;24-,25+,26-,28-,29-;/m10./s1/i;;1-4. The third-order valence-electron chi connectivity index (χ3n) is 24.4. The van der Waals surface area contributed by atoms with Gasteiger partial charge in [-0.15, -0.1) is 5.92 Å². The van der Waals surface area contributed by atoms with Crippen LogP contribution >= 0.6 is 21.6 Å². The molecule has 0 spiro atoms. The van der Waals surface area contributed by atoms with Crippen LogP contribution in [0.5, 0.6) is 0 Å². The van der Waals surface area contributed by atoms with Gasteiger partial charge in [-0.25, -0.2) is 0 Å². The molecule has 698 valence electrons. The SMILES string of the molecule is CC#C[C@]1(O)CC[C@H]2[C@@H]3CCC4=CC(=O)CCC4=C3[C@@H](c3ccc(N(C)C)cc3)C[C@@]21C.C[C@@H](O)[C@@H]1NC(=O)[C@H](CCCCN)NC(=O)[C@@H](Cc2c[nH]c3ccccc23)NC(=O)[C@H](Cc2ccccc2)NC(=O)[C@@H](NC(=O)[C@@H](Cc2ccccc2)NC(=O)CN(CCN(CCN(CC(=O)O)CC(=O)O)CC(=O)O)CC(=O)O)CSSC[C@@H](C(=O)N[C@H](CO)[C@@H](C)O)NC1=O.[111In+3]. The number of aliphatic hydroxyl groups excluding tert-OH is 3. The summed E-state index contributed by atoms with van der Waals surface area (Å²) in [5, 5.41) is 103. The second-order valence-corrected chi connectivity index (χ2v) is 36.6. The number of carbonyl (C=O) groups excluding carboxylic acids is 9. The number of benzene rings is 4. The first kappa shape index (κ1) is 105. The molecule has 4 aromatic carbocycles. The largest absolute Gasteiger partial charge is 3.00 e. The molecule has 0 radical (unpaired) electrons. The maximum absolute atomic E-state index is 15.2. The molecule has 1 aromatic heterocycles. The number of hydrogen-bond donors (Lipinski definition) is 18. The molecule has 4 aliphatic carbocycles. The molecular formula is C92H122InN14O21S2+3. The number of aliphatic hydroxyl groups is 4. The van der Waals surface area contributed by atoms with E-state index in [4.69, 9.17) is 5.73 Å². The van der Waals surface area contributed by atoms with E-state index in [2.05, 4.69) is 110 Å². The first-order valence-electron chi connectivity index (χ1n) is 43.4. The summed E-state index contributed by atoms with van der Waals surface area (Å²) in [7, 11) is 5.91. The number of aliphatic carboxylic acids is 4. The monoisotopic (exact) mass is 1930 g/mol. The van der Waals surface area contributed by atoms with Crippen LogP contribution in [0, 0.1) is 29.1 Å². The molecule has 35 nitrogen and oxygen atoms in total. The van der Waals surface area contributed by atoms with E-state index in [0.29, 0.717) is 52.3 Å². The number of ketones is 1. The van der Waals surface area contributed by atoms with Crippen LogP contribution in [0.3, 0.4) is 0 Å². The Morgan fingerprint density at radius 2 is 1.21 bits per heavy atom. The molecule has 1 saturated heterocycles. The average Bonchev–Trinajstić information content (AvgIpc) is 1.50. The summed E-state index contributed by atoms with van der Waals surface area (Å²) in [4.78, 5) is 185. The van der Waals surface area contributed by atoms with E-state index in [0.717, 1.165) is 69.9 Å². The van der Waals surface area contributed by atoms with E-state index >= 15 is 9.59 Å². The molecule has 38 heteroatoms. The zero-order chi connectivity index (χ0) is 93.8. The molecule has 5 aliphatic rings. The number of carboxylic acid groups (broad SMARTS) is 4. The van der Waals surface area contributed by atoms with Gasteiger partial charge in [0.15, 0.2) is 5.78 Å². The van der Waals surface area contributed by atoms with Crippen molar-refractivity contribution in [3.8, 4) is 11.8 Å². The summed E-state index contributed by atoms with van der Waals surface area (Å²) in [6.45, 7) is 1.69. The molecule has 0 bridgehead atoms. The van der Waals surface area contributed by atoms with Gasteiger partial charge >= 0.3 is 49.7 Å². The summed E-state index contributed by atoms with van der Waals surface area (Å²) in [6.07, 6.45) is 6.93. The number of rotatable bonds is 36. The number of allylic oxidation sites excluding steroid dienone is 4. The Balaban J connectivity index is 0.000000522. The van der Waals surface area contributed by atoms with Crippen LogP contribution in [0.1, 0.15) is 120 Å². The van der Waals surface area contributed by atoms with Gasteiger partial charge in [0.1, 0.15) is 47.9 Å². The van der Waals surface area contributed by atoms with E-state index in [1.54, 1.807) is 96.7 Å². The molecule has 2 saturated carbocycles. The number of fused-ring (bicyclic) bond motifs is 5. The van der Waals surface area contributed by atoms with Crippen molar-refractivity contribution in [3.05, 3.63) is 160 Å². The minimum atomic E-state index is -1.78. The van der Waals surface area contributed by atoms with Crippen LogP contribution in [-0.4, -0.2) is 327 Å². The van der Waals surface area contributed by atoms with Crippen molar-refractivity contribution in [2.75, 3.05) is 103 Å². The molecule has 1 aliphatic heterocycles. The van der Waals surface area contributed by atoms with E-state index in [9.17, 15) is 93.6 Å². The van der Waals surface area contributed by atoms with Gasteiger partial charge in [-0.1, -0.05) is 131 Å². The van der Waals surface area contributed by atoms with E-state index in [1.165, 1.54) is 41.1 Å². The number of carboxylic acids is 4. The van der Waals surface area contributed by atoms with Crippen LogP contribution in [-0.2, 0) is 81.6 Å². The van der Waals surface area contributed by atoms with Crippen molar-refractivity contribution in [2.45, 2.75) is 183 Å². The van der Waals surface area contributed by atoms with Crippen molar-refractivity contribution in [1.29, 1.82) is 0 Å². The van der Waals surface area contributed by atoms with Gasteiger partial charge < -0.3 is 99.0 Å². The molecule has 19 N–H and O–H groups in total. The minimum Gasteiger partial charge on any atom is -0.480 e. The predicted octanol–water partition coefficient (Wildman–Crippen LogP) is 1.62. The fourth-order valence-corrected chi connectivity index (χ4v) is 20.0. The number of aromatic amines is 1. The van der Waals surface area contributed by atoms with Gasteiger partial charge in [-0.2, -0.15) is 0 Å².